The summed E-state index contributed by atoms with van der Waals surface area (Å²) in [5, 5.41) is 17.2. The van der Waals surface area contributed by atoms with Crippen molar-refractivity contribution in [1.82, 2.24) is 20.0 Å². The van der Waals surface area contributed by atoms with Crippen molar-refractivity contribution in [3.8, 4) is 0 Å². The molecule has 178 valence electrons. The van der Waals surface area contributed by atoms with Crippen molar-refractivity contribution in [2.75, 3.05) is 32.8 Å². The highest BCUT2D eigenvalue weighted by atomic mass is 19.2. The summed E-state index contributed by atoms with van der Waals surface area (Å²) in [7, 11) is 0. The Morgan fingerprint density at radius 2 is 1.79 bits per heavy atom. The Morgan fingerprint density at radius 1 is 1.12 bits per heavy atom. The van der Waals surface area contributed by atoms with E-state index in [-0.39, 0.29) is 24.1 Å². The van der Waals surface area contributed by atoms with E-state index < -0.39 is 17.5 Å². The molecule has 1 amide bonds. The highest BCUT2D eigenvalue weighted by Crippen LogP contribution is 2.31. The molecule has 2 fully saturated rings. The van der Waals surface area contributed by atoms with Gasteiger partial charge < -0.3 is 10.0 Å². The van der Waals surface area contributed by atoms with Crippen LogP contribution < -0.4 is 0 Å². The van der Waals surface area contributed by atoms with Crippen LogP contribution in [0.2, 0.25) is 0 Å². The maximum absolute atomic E-state index is 13.3. The van der Waals surface area contributed by atoms with Crippen LogP contribution in [0.5, 0.6) is 0 Å². The van der Waals surface area contributed by atoms with Gasteiger partial charge in [-0.15, -0.1) is 0 Å². The number of carbonyl (C=O) groups excluding carboxylic acids is 1. The minimum Gasteiger partial charge on any atom is -0.395 e. The van der Waals surface area contributed by atoms with Gasteiger partial charge in [-0.25, -0.2) is 13.2 Å². The number of likely N-dealkylation sites (tertiary alicyclic amines) is 2. The van der Waals surface area contributed by atoms with Gasteiger partial charge >= 0.3 is 0 Å². The first kappa shape index (κ1) is 23.5. The Morgan fingerprint density at radius 3 is 2.36 bits per heavy atom. The largest absolute Gasteiger partial charge is 0.395 e. The number of aromatic amines is 1. The first-order valence-electron chi connectivity index (χ1n) is 11.4. The van der Waals surface area contributed by atoms with Crippen molar-refractivity contribution in [2.24, 2.45) is 5.92 Å². The minimum absolute atomic E-state index is 0.0747. The van der Waals surface area contributed by atoms with Crippen molar-refractivity contribution in [3.05, 3.63) is 59.2 Å². The molecule has 0 radical (unpaired) electrons. The number of carbonyl (C=O) groups is 1. The zero-order valence-electron chi connectivity index (χ0n) is 18.4. The molecule has 1 atom stereocenters. The lowest BCUT2D eigenvalue weighted by Gasteiger charge is -2.43. The summed E-state index contributed by atoms with van der Waals surface area (Å²) in [4.78, 5) is 16.6. The quantitative estimate of drug-likeness (QED) is 0.510. The fourth-order valence-electron chi connectivity index (χ4n) is 5.05. The molecule has 2 N–H and O–H groups in total. The fourth-order valence-corrected chi connectivity index (χ4v) is 5.05. The van der Waals surface area contributed by atoms with Crippen molar-refractivity contribution in [2.45, 2.75) is 37.6 Å². The van der Waals surface area contributed by atoms with Gasteiger partial charge in [0.15, 0.2) is 17.5 Å². The molecule has 2 saturated heterocycles. The number of nitrogens with one attached hydrogen (secondary N) is 1. The molecule has 0 bridgehead atoms. The van der Waals surface area contributed by atoms with Crippen LogP contribution in [-0.2, 0) is 4.79 Å². The summed E-state index contributed by atoms with van der Waals surface area (Å²) in [6, 6.07) is 3.81. The average Bonchev–Trinajstić information content (AvgIpc) is 3.37. The topological polar surface area (TPSA) is 72.5 Å². The number of benzene rings is 1. The molecule has 0 spiro atoms. The standard InChI is InChI=1S/C24H29F3N4O2/c25-19-13-16(14-20(26)24(19)27)1-2-23(33)31-11-6-18(7-12-31)22(15-32)30-9-4-17(5-10-30)21-3-8-28-29-21/h1-3,8,13-14,17-18,22,32H,4-7,9-12,15H2,(H,28,29). The normalized spacial score (nSPS) is 19.9. The van der Waals surface area contributed by atoms with E-state index in [0.717, 1.165) is 50.9 Å². The van der Waals surface area contributed by atoms with Crippen molar-refractivity contribution >= 4 is 12.0 Å². The predicted octanol–water partition coefficient (Wildman–Crippen LogP) is 3.32. The van der Waals surface area contributed by atoms with Crippen molar-refractivity contribution in [3.63, 3.8) is 0 Å². The second kappa shape index (κ2) is 10.5. The van der Waals surface area contributed by atoms with Crippen LogP contribution in [0.3, 0.4) is 0 Å². The fraction of sp³-hybridized carbons (Fsp3) is 0.500. The van der Waals surface area contributed by atoms with Crippen LogP contribution >= 0.6 is 0 Å². The van der Waals surface area contributed by atoms with Crippen LogP contribution in [0, 0.1) is 23.4 Å². The molecule has 4 rings (SSSR count). The van der Waals surface area contributed by atoms with Gasteiger partial charge in [-0.2, -0.15) is 5.10 Å². The Bertz CT molecular complexity index is 943. The molecule has 1 aromatic heterocycles. The second-order valence-corrected chi connectivity index (χ2v) is 8.87. The maximum Gasteiger partial charge on any atom is 0.246 e. The number of amides is 1. The predicted molar refractivity (Wildman–Crippen MR) is 118 cm³/mol. The number of aromatic nitrogens is 2. The number of hydrogen-bond acceptors (Lipinski definition) is 4. The van der Waals surface area contributed by atoms with Crippen molar-refractivity contribution < 1.29 is 23.1 Å². The molecule has 2 aliphatic rings. The third-order valence-corrected chi connectivity index (χ3v) is 6.97. The third-order valence-electron chi connectivity index (χ3n) is 6.97. The molecule has 33 heavy (non-hydrogen) atoms. The van der Waals surface area contributed by atoms with E-state index in [0.29, 0.717) is 24.9 Å². The number of halogens is 3. The van der Waals surface area contributed by atoms with Gasteiger partial charge in [0.2, 0.25) is 5.91 Å². The molecule has 2 aromatic rings. The first-order valence-corrected chi connectivity index (χ1v) is 11.4. The highest BCUT2D eigenvalue weighted by Gasteiger charge is 2.33. The molecule has 2 aliphatic heterocycles. The van der Waals surface area contributed by atoms with E-state index in [9.17, 15) is 23.1 Å². The summed E-state index contributed by atoms with van der Waals surface area (Å²) in [5.41, 5.74) is 1.26. The molecular formula is C24H29F3N4O2. The lowest BCUT2D eigenvalue weighted by molar-refractivity contribution is -0.127. The number of rotatable bonds is 6. The minimum atomic E-state index is -1.52. The third kappa shape index (κ3) is 5.47. The van der Waals surface area contributed by atoms with Crippen LogP contribution in [0.1, 0.15) is 42.9 Å². The Balaban J connectivity index is 1.28. The smallest absolute Gasteiger partial charge is 0.246 e. The summed E-state index contributed by atoms with van der Waals surface area (Å²) >= 11 is 0. The zero-order chi connectivity index (χ0) is 23.4. The molecule has 0 aliphatic carbocycles. The number of nitrogens with zero attached hydrogens (tertiary/aromatic N) is 3. The Kier molecular flexibility index (Phi) is 7.49. The number of H-pyrrole nitrogens is 1. The van der Waals surface area contributed by atoms with E-state index in [1.165, 1.54) is 17.8 Å². The number of aliphatic hydroxyl groups excluding tert-OH is 1. The molecule has 1 unspecified atom stereocenters. The van der Waals surface area contributed by atoms with Gasteiger partial charge in [0.05, 0.1) is 6.61 Å². The number of hydrogen-bond donors (Lipinski definition) is 2. The van der Waals surface area contributed by atoms with E-state index in [1.807, 2.05) is 6.07 Å². The monoisotopic (exact) mass is 462 g/mol. The SMILES string of the molecule is O=C(C=Cc1cc(F)c(F)c(F)c1)N1CCC(C(CO)N2CCC(c3ccn[nH]3)CC2)CC1. The zero-order valence-corrected chi connectivity index (χ0v) is 18.4. The molecule has 1 aromatic carbocycles. The van der Waals surface area contributed by atoms with E-state index >= 15 is 0 Å². The van der Waals surface area contributed by atoms with Crippen LogP contribution in [0.4, 0.5) is 13.2 Å². The van der Waals surface area contributed by atoms with Gasteiger partial charge in [-0.1, -0.05) is 0 Å². The lowest BCUT2D eigenvalue weighted by atomic mass is 9.86. The van der Waals surface area contributed by atoms with Crippen LogP contribution in [0.15, 0.2) is 30.5 Å². The van der Waals surface area contributed by atoms with E-state index in [2.05, 4.69) is 15.1 Å². The first-order chi connectivity index (χ1) is 16.0. The summed E-state index contributed by atoms with van der Waals surface area (Å²) in [6.45, 7) is 3.04. The Hall–Kier alpha value is -2.65. The molecule has 9 heteroatoms. The van der Waals surface area contributed by atoms with E-state index in [1.54, 1.807) is 11.1 Å². The molecule has 0 saturated carbocycles. The maximum atomic E-state index is 13.3. The number of piperidine rings is 2. The van der Waals surface area contributed by atoms with E-state index in [4.69, 9.17) is 0 Å². The van der Waals surface area contributed by atoms with Crippen molar-refractivity contribution in [1.29, 1.82) is 0 Å². The summed E-state index contributed by atoms with van der Waals surface area (Å²) in [6.07, 6.45) is 7.93. The Labute approximate surface area is 191 Å². The lowest BCUT2D eigenvalue weighted by Crippen LogP contribution is -2.50. The number of aliphatic hydroxyl groups is 1. The van der Waals surface area contributed by atoms with Gasteiger partial charge in [-0.05, 0) is 74.5 Å². The highest BCUT2D eigenvalue weighted by molar-refractivity contribution is 5.91. The molecule has 6 nitrogen and oxygen atoms in total. The van der Waals surface area contributed by atoms with Gasteiger partial charge in [0, 0.05) is 43.0 Å². The average molecular weight is 463 g/mol. The second-order valence-electron chi connectivity index (χ2n) is 8.87. The van der Waals surface area contributed by atoms with Gasteiger partial charge in [-0.3, -0.25) is 14.8 Å². The van der Waals surface area contributed by atoms with Gasteiger partial charge in [0.1, 0.15) is 0 Å². The van der Waals surface area contributed by atoms with Crippen LogP contribution in [-0.4, -0.2) is 69.8 Å². The van der Waals surface area contributed by atoms with Crippen LogP contribution in [0.25, 0.3) is 6.08 Å². The molecule has 3 heterocycles. The van der Waals surface area contributed by atoms with Gasteiger partial charge in [0.25, 0.3) is 0 Å². The molecular weight excluding hydrogens is 433 g/mol. The summed E-state index contributed by atoms with van der Waals surface area (Å²) < 4.78 is 39.8. The summed E-state index contributed by atoms with van der Waals surface area (Å²) in [5.74, 6) is -3.58.